The summed E-state index contributed by atoms with van der Waals surface area (Å²) < 4.78 is 32.5. The Labute approximate surface area is 171 Å². The van der Waals surface area contributed by atoms with Crippen molar-refractivity contribution in [2.24, 2.45) is 16.3 Å². The molecule has 4 unspecified atom stereocenters. The lowest BCUT2D eigenvalue weighted by Gasteiger charge is -2.60. The summed E-state index contributed by atoms with van der Waals surface area (Å²) in [6, 6.07) is 4.04. The summed E-state index contributed by atoms with van der Waals surface area (Å²) in [7, 11) is 1.72. The Morgan fingerprint density at radius 2 is 2.04 bits per heavy atom. The molecule has 7 heteroatoms. The number of hydrogen-bond acceptors (Lipinski definition) is 2. The minimum Gasteiger partial charge on any atom is -0.377 e. The fourth-order valence-corrected chi connectivity index (χ4v) is 4.20. The van der Waals surface area contributed by atoms with Crippen molar-refractivity contribution in [3.63, 3.8) is 0 Å². The van der Waals surface area contributed by atoms with Crippen LogP contribution in [-0.4, -0.2) is 31.8 Å². The van der Waals surface area contributed by atoms with Crippen LogP contribution in [0, 0.1) is 23.0 Å². The Morgan fingerprint density at radius 3 is 2.69 bits per heavy atom. The van der Waals surface area contributed by atoms with Crippen LogP contribution < -0.4 is 10.6 Å². The van der Waals surface area contributed by atoms with Crippen molar-refractivity contribution in [3.05, 3.63) is 35.4 Å². The summed E-state index contributed by atoms with van der Waals surface area (Å²) in [5.74, 6) is -0.519. The molecule has 3 rings (SSSR count). The minimum absolute atomic E-state index is 0. The maximum Gasteiger partial charge on any atom is 0.191 e. The summed E-state index contributed by atoms with van der Waals surface area (Å²) in [4.78, 5) is 4.30. The molecule has 1 aromatic carbocycles. The van der Waals surface area contributed by atoms with Crippen LogP contribution >= 0.6 is 24.0 Å². The van der Waals surface area contributed by atoms with Gasteiger partial charge in [0.15, 0.2) is 17.6 Å². The number of aliphatic imine (C=N–C) groups is 1. The summed E-state index contributed by atoms with van der Waals surface area (Å²) in [6.45, 7) is 7.17. The van der Waals surface area contributed by atoms with E-state index in [1.165, 1.54) is 6.07 Å². The van der Waals surface area contributed by atoms with Crippen molar-refractivity contribution in [1.29, 1.82) is 0 Å². The number of guanidine groups is 1. The van der Waals surface area contributed by atoms with E-state index in [1.54, 1.807) is 13.1 Å². The van der Waals surface area contributed by atoms with Gasteiger partial charge in [-0.05, 0) is 37.5 Å². The van der Waals surface area contributed by atoms with Crippen LogP contribution in [0.3, 0.4) is 0 Å². The van der Waals surface area contributed by atoms with E-state index >= 15 is 0 Å². The second kappa shape index (κ2) is 8.37. The summed E-state index contributed by atoms with van der Waals surface area (Å²) in [5.41, 5.74) is 0.710. The molecule has 2 fully saturated rings. The number of ether oxygens (including phenoxy) is 1. The van der Waals surface area contributed by atoms with Gasteiger partial charge in [0.2, 0.25) is 0 Å². The number of halogens is 3. The van der Waals surface area contributed by atoms with E-state index in [4.69, 9.17) is 4.74 Å². The van der Waals surface area contributed by atoms with Crippen molar-refractivity contribution in [3.8, 4) is 0 Å². The summed E-state index contributed by atoms with van der Waals surface area (Å²) in [5, 5.41) is 6.78. The van der Waals surface area contributed by atoms with Gasteiger partial charge in [-0.2, -0.15) is 0 Å². The molecule has 1 saturated heterocycles. The van der Waals surface area contributed by atoms with E-state index in [1.807, 2.05) is 6.92 Å². The van der Waals surface area contributed by atoms with Crippen LogP contribution in [0.4, 0.5) is 8.78 Å². The number of nitrogens with one attached hydrogen (secondary N) is 2. The van der Waals surface area contributed by atoms with Crippen LogP contribution in [0.2, 0.25) is 0 Å². The van der Waals surface area contributed by atoms with Crippen LogP contribution in [0.1, 0.15) is 45.2 Å². The molecule has 146 valence electrons. The van der Waals surface area contributed by atoms with Crippen LogP contribution in [0.15, 0.2) is 23.2 Å². The highest BCUT2D eigenvalue weighted by Gasteiger charge is 2.58. The average Bonchev–Trinajstić information content (AvgIpc) is 2.60. The van der Waals surface area contributed by atoms with Gasteiger partial charge in [0.1, 0.15) is 0 Å². The van der Waals surface area contributed by atoms with E-state index in [9.17, 15) is 8.78 Å². The second-order valence-electron chi connectivity index (χ2n) is 7.65. The van der Waals surface area contributed by atoms with Gasteiger partial charge in [-0.1, -0.05) is 19.9 Å². The normalized spacial score (nSPS) is 28.2. The largest absolute Gasteiger partial charge is 0.377 e. The average molecular weight is 479 g/mol. The molecule has 0 radical (unpaired) electrons. The smallest absolute Gasteiger partial charge is 0.191 e. The fourth-order valence-electron chi connectivity index (χ4n) is 4.20. The molecule has 0 amide bonds. The summed E-state index contributed by atoms with van der Waals surface area (Å²) in [6.07, 6.45) is 2.54. The van der Waals surface area contributed by atoms with E-state index in [0.717, 1.165) is 25.5 Å². The molecule has 1 aliphatic heterocycles. The quantitative estimate of drug-likeness (QED) is 0.391. The lowest BCUT2D eigenvalue weighted by Crippen LogP contribution is -2.71. The Kier molecular flexibility index (Phi) is 6.87. The molecular weight excluding hydrogens is 451 g/mol. The molecule has 26 heavy (non-hydrogen) atoms. The minimum atomic E-state index is -0.837. The van der Waals surface area contributed by atoms with E-state index in [0.29, 0.717) is 23.5 Å². The first-order chi connectivity index (χ1) is 11.8. The third kappa shape index (κ3) is 3.98. The van der Waals surface area contributed by atoms with Gasteiger partial charge in [0.25, 0.3) is 0 Å². The van der Waals surface area contributed by atoms with Crippen LogP contribution in [-0.2, 0) is 4.74 Å². The third-order valence-corrected chi connectivity index (χ3v) is 5.64. The Morgan fingerprint density at radius 1 is 1.31 bits per heavy atom. The molecule has 1 saturated carbocycles. The van der Waals surface area contributed by atoms with E-state index < -0.39 is 11.6 Å². The highest BCUT2D eigenvalue weighted by molar-refractivity contribution is 14.0. The fraction of sp³-hybridized carbons (Fsp3) is 0.632. The predicted octanol–water partition coefficient (Wildman–Crippen LogP) is 4.01. The molecule has 2 aliphatic rings. The number of nitrogens with zero attached hydrogens (tertiary/aromatic N) is 1. The highest BCUT2D eigenvalue weighted by Crippen LogP contribution is 2.51. The molecule has 1 aromatic rings. The van der Waals surface area contributed by atoms with Gasteiger partial charge < -0.3 is 15.4 Å². The molecule has 0 bridgehead atoms. The van der Waals surface area contributed by atoms with Gasteiger partial charge in [-0.25, -0.2) is 8.78 Å². The second-order valence-corrected chi connectivity index (χ2v) is 7.65. The molecule has 1 aliphatic carbocycles. The Bertz CT molecular complexity index is 668. The van der Waals surface area contributed by atoms with Crippen molar-refractivity contribution in [1.82, 2.24) is 10.6 Å². The highest BCUT2D eigenvalue weighted by atomic mass is 127. The maximum atomic E-state index is 13.5. The molecular formula is C19H28F2IN3O. The van der Waals surface area contributed by atoms with Gasteiger partial charge >= 0.3 is 0 Å². The van der Waals surface area contributed by atoms with Gasteiger partial charge in [-0.15, -0.1) is 24.0 Å². The molecule has 1 heterocycles. The Hall–Kier alpha value is -0.960. The van der Waals surface area contributed by atoms with Crippen LogP contribution in [0.5, 0.6) is 0 Å². The van der Waals surface area contributed by atoms with Crippen molar-refractivity contribution in [2.45, 2.75) is 51.8 Å². The van der Waals surface area contributed by atoms with Crippen molar-refractivity contribution < 1.29 is 13.5 Å². The van der Waals surface area contributed by atoms with Gasteiger partial charge in [0, 0.05) is 31.0 Å². The zero-order valence-corrected chi connectivity index (χ0v) is 18.0. The predicted molar refractivity (Wildman–Crippen MR) is 110 cm³/mol. The maximum absolute atomic E-state index is 13.5. The number of hydrogen-bond donors (Lipinski definition) is 2. The van der Waals surface area contributed by atoms with Crippen molar-refractivity contribution in [2.75, 3.05) is 13.7 Å². The lowest BCUT2D eigenvalue weighted by molar-refractivity contribution is -0.188. The third-order valence-electron chi connectivity index (χ3n) is 5.64. The zero-order chi connectivity index (χ0) is 18.2. The van der Waals surface area contributed by atoms with E-state index in [-0.39, 0.29) is 41.5 Å². The SMILES string of the molecule is CN=C(NC(C)c1ccc(F)c(F)c1)NC1C2CCCOC2C1(C)C.I. The molecule has 0 aromatic heterocycles. The standard InChI is InChI=1S/C19H27F2N3O.HI/c1-11(12-7-8-14(20)15(21)10-12)23-18(22-4)24-16-13-6-5-9-25-17(13)19(16,2)3;/h7-8,10-11,13,16-17H,5-6,9H2,1-4H3,(H2,22,23,24);1H. The number of rotatable bonds is 3. The first-order valence-electron chi connectivity index (χ1n) is 8.91. The zero-order valence-electron chi connectivity index (χ0n) is 15.7. The number of benzene rings is 1. The molecule has 2 N–H and O–H groups in total. The van der Waals surface area contributed by atoms with Gasteiger partial charge in [-0.3, -0.25) is 4.99 Å². The Balaban J connectivity index is 0.00000243. The topological polar surface area (TPSA) is 45.7 Å². The molecule has 0 spiro atoms. The monoisotopic (exact) mass is 479 g/mol. The molecule has 4 nitrogen and oxygen atoms in total. The van der Waals surface area contributed by atoms with E-state index in [2.05, 4.69) is 29.5 Å². The first-order valence-corrected chi connectivity index (χ1v) is 8.91. The first kappa shape index (κ1) is 21.3. The number of fused-ring (bicyclic) bond motifs is 1. The lowest BCUT2D eigenvalue weighted by atomic mass is 9.55. The van der Waals surface area contributed by atoms with Gasteiger partial charge in [0.05, 0.1) is 12.1 Å². The summed E-state index contributed by atoms with van der Waals surface area (Å²) >= 11 is 0. The molecule has 4 atom stereocenters. The van der Waals surface area contributed by atoms with Crippen LogP contribution in [0.25, 0.3) is 0 Å². The van der Waals surface area contributed by atoms with Crippen molar-refractivity contribution >= 4 is 29.9 Å².